The fourth-order valence-corrected chi connectivity index (χ4v) is 8.34. The number of carbonyl (C=O) groups excluding carboxylic acids is 7. The molecule has 0 aromatic rings. The molecular formula is C43H73N7O13. The molecule has 3 saturated heterocycles. The summed E-state index contributed by atoms with van der Waals surface area (Å²) >= 11 is 0. The van der Waals surface area contributed by atoms with Crippen molar-refractivity contribution in [3.05, 3.63) is 11.6 Å². The number of likely N-dealkylation sites (N-methyl/N-ethyl adjacent to an activating group) is 2. The third-order valence-corrected chi connectivity index (χ3v) is 12.4. The molecule has 358 valence electrons. The normalized spacial score (nSPS) is 29.4. The van der Waals surface area contributed by atoms with E-state index < -0.39 is 115 Å². The molecule has 6 amide bonds. The second kappa shape index (κ2) is 23.1. The number of esters is 1. The third-order valence-electron chi connectivity index (χ3n) is 12.4. The lowest BCUT2D eigenvalue weighted by molar-refractivity contribution is -0.328. The molecule has 0 bridgehead atoms. The molecule has 10 atom stereocenters. The van der Waals surface area contributed by atoms with E-state index in [1.165, 1.54) is 21.2 Å². The molecule has 6 N–H and O–H groups in total. The van der Waals surface area contributed by atoms with Crippen molar-refractivity contribution < 1.29 is 63.2 Å². The SMILES string of the molecule is CC[C@H](C)C[C@@H](C)C[C@@H](C)/C=C(\C)[C@H]1OC(O)([C@](C)(O)C(=O)NC2C(=O)N3NCCCC3C(=O)N(O)CC(=O)N(C)CC(=O)NCC(=O)N(C)CC(=O)O[C@H]2C(C)C)CC[C@@H]1OC. The number of aliphatic hydroxyl groups is 2. The van der Waals surface area contributed by atoms with Crippen molar-refractivity contribution in [1.29, 1.82) is 0 Å². The van der Waals surface area contributed by atoms with Crippen LogP contribution in [0.2, 0.25) is 0 Å². The van der Waals surface area contributed by atoms with Crippen LogP contribution in [0.15, 0.2) is 11.6 Å². The molecule has 3 heterocycles. The number of hydroxylamine groups is 2. The number of methoxy groups -OCH3 is 1. The number of fused-ring (bicyclic) bond motifs is 1. The smallest absolute Gasteiger partial charge is 0.325 e. The van der Waals surface area contributed by atoms with E-state index in [-0.39, 0.29) is 36.8 Å². The minimum atomic E-state index is -2.76. The van der Waals surface area contributed by atoms with Gasteiger partial charge in [0, 0.05) is 34.2 Å². The monoisotopic (exact) mass is 896 g/mol. The van der Waals surface area contributed by atoms with Crippen molar-refractivity contribution in [2.24, 2.45) is 23.7 Å². The van der Waals surface area contributed by atoms with E-state index in [1.54, 1.807) is 13.8 Å². The Morgan fingerprint density at radius 1 is 0.984 bits per heavy atom. The predicted molar refractivity (Wildman–Crippen MR) is 228 cm³/mol. The molecule has 0 radical (unpaired) electrons. The van der Waals surface area contributed by atoms with E-state index in [2.05, 4.69) is 43.8 Å². The van der Waals surface area contributed by atoms with Crippen LogP contribution in [0.1, 0.15) is 100 Å². The maximum Gasteiger partial charge on any atom is 0.325 e. The lowest BCUT2D eigenvalue weighted by Gasteiger charge is -2.48. The van der Waals surface area contributed by atoms with E-state index in [4.69, 9.17) is 14.2 Å². The summed E-state index contributed by atoms with van der Waals surface area (Å²) in [6, 6.07) is -3.30. The fraction of sp³-hybridized carbons (Fsp3) is 0.791. The summed E-state index contributed by atoms with van der Waals surface area (Å²) in [6.07, 6.45) is 2.43. The number of ether oxygens (including phenoxy) is 3. The number of carbonyl (C=O) groups is 7. The van der Waals surface area contributed by atoms with Crippen LogP contribution in [0.4, 0.5) is 0 Å². The van der Waals surface area contributed by atoms with Crippen molar-refractivity contribution in [1.82, 2.24) is 35.9 Å². The molecule has 20 nitrogen and oxygen atoms in total. The molecule has 0 saturated carbocycles. The van der Waals surface area contributed by atoms with E-state index in [0.29, 0.717) is 18.3 Å². The lowest BCUT2D eigenvalue weighted by atomic mass is 9.83. The number of nitrogens with one attached hydrogen (secondary N) is 3. The minimum absolute atomic E-state index is 0.00357. The molecular weight excluding hydrogens is 823 g/mol. The fourth-order valence-electron chi connectivity index (χ4n) is 8.34. The van der Waals surface area contributed by atoms with Crippen LogP contribution in [0.25, 0.3) is 0 Å². The largest absolute Gasteiger partial charge is 0.458 e. The van der Waals surface area contributed by atoms with E-state index in [1.807, 2.05) is 13.0 Å². The van der Waals surface area contributed by atoms with Crippen molar-refractivity contribution in [3.63, 3.8) is 0 Å². The van der Waals surface area contributed by atoms with Crippen LogP contribution >= 0.6 is 0 Å². The van der Waals surface area contributed by atoms with Gasteiger partial charge in [-0.1, -0.05) is 54.0 Å². The van der Waals surface area contributed by atoms with Gasteiger partial charge in [-0.3, -0.25) is 43.8 Å². The zero-order chi connectivity index (χ0) is 47.6. The van der Waals surface area contributed by atoms with Gasteiger partial charge in [0.15, 0.2) is 5.60 Å². The highest BCUT2D eigenvalue weighted by molar-refractivity contribution is 5.96. The molecule has 0 aromatic heterocycles. The van der Waals surface area contributed by atoms with Gasteiger partial charge < -0.3 is 44.9 Å². The molecule has 20 heteroatoms. The Hall–Kier alpha value is -4.21. The van der Waals surface area contributed by atoms with Gasteiger partial charge in [0.25, 0.3) is 17.7 Å². The van der Waals surface area contributed by atoms with Gasteiger partial charge in [0.2, 0.25) is 23.5 Å². The van der Waals surface area contributed by atoms with E-state index >= 15 is 0 Å². The highest BCUT2D eigenvalue weighted by Crippen LogP contribution is 2.39. The van der Waals surface area contributed by atoms with E-state index in [9.17, 15) is 49.0 Å². The standard InChI is InChI=1S/C43H73N7O13/c1-12-26(4)18-27(5)19-28(6)20-29(7)38-31(61-11)15-16-43(59,63-38)42(8,58)41(57)46-36-37(25(2)3)62-35(54)24-48(10)33(52)21-44-32(51)22-47(9)34(53)23-49(60)39(55)30-14-13-17-45-50(30)40(36)56/h20,25-28,30-31,36-38,45,58-60H,12-19,21-24H2,1-11H3,(H,44,51)(H,46,57)/b29-20+/t26-,27+,28+,30?,31-,36?,37-,38+,42+,43?/m0/s1. The van der Waals surface area contributed by atoms with Crippen LogP contribution in [0.3, 0.4) is 0 Å². The average molecular weight is 896 g/mol. The third kappa shape index (κ3) is 13.9. The van der Waals surface area contributed by atoms with Gasteiger partial charge in [-0.05, 0) is 75.2 Å². The van der Waals surface area contributed by atoms with Crippen molar-refractivity contribution in [2.45, 2.75) is 142 Å². The number of hydrogen-bond acceptors (Lipinski definition) is 14. The topological polar surface area (TPSA) is 257 Å². The average Bonchev–Trinajstić information content (AvgIpc) is 3.22. The second-order valence-corrected chi connectivity index (χ2v) is 18.3. The Bertz CT molecular complexity index is 1680. The van der Waals surface area contributed by atoms with Gasteiger partial charge in [0.05, 0.1) is 19.2 Å². The molecule has 63 heavy (non-hydrogen) atoms. The maximum atomic E-state index is 14.8. The number of cyclic esters (lactones) is 1. The minimum Gasteiger partial charge on any atom is -0.458 e. The molecule has 3 aliphatic rings. The maximum absolute atomic E-state index is 14.8. The molecule has 3 fully saturated rings. The van der Waals surface area contributed by atoms with Crippen molar-refractivity contribution >= 4 is 41.4 Å². The zero-order valence-electron chi connectivity index (χ0n) is 39.0. The van der Waals surface area contributed by atoms with Gasteiger partial charge in [-0.15, -0.1) is 0 Å². The Morgan fingerprint density at radius 3 is 2.25 bits per heavy atom. The quantitative estimate of drug-likeness (QED) is 0.0886. The summed E-state index contributed by atoms with van der Waals surface area (Å²) in [5.74, 6) is -8.78. The number of amides is 6. The first-order valence-electron chi connectivity index (χ1n) is 22.0. The first kappa shape index (κ1) is 53.1. The number of hydrogen-bond donors (Lipinski definition) is 6. The van der Waals surface area contributed by atoms with Crippen LogP contribution < -0.4 is 16.1 Å². The number of allylic oxidation sites excluding steroid dienone is 1. The highest BCUT2D eigenvalue weighted by Gasteiger charge is 2.58. The molecule has 0 spiro atoms. The first-order valence-corrected chi connectivity index (χ1v) is 22.0. The molecule has 0 aromatic carbocycles. The van der Waals surface area contributed by atoms with E-state index in [0.717, 1.165) is 46.6 Å². The number of rotatable bonds is 12. The number of hydrazine groups is 1. The van der Waals surface area contributed by atoms with Gasteiger partial charge in [-0.25, -0.2) is 10.5 Å². The molecule has 3 aliphatic heterocycles. The highest BCUT2D eigenvalue weighted by atomic mass is 16.7. The molecule has 3 unspecified atom stereocenters. The van der Waals surface area contributed by atoms with Crippen LogP contribution in [0, 0.1) is 23.7 Å². The summed E-state index contributed by atoms with van der Waals surface area (Å²) in [7, 11) is 4.03. The van der Waals surface area contributed by atoms with Gasteiger partial charge in [-0.2, -0.15) is 0 Å². The summed E-state index contributed by atoms with van der Waals surface area (Å²) in [5, 5.41) is 40.9. The van der Waals surface area contributed by atoms with Gasteiger partial charge >= 0.3 is 5.97 Å². The summed E-state index contributed by atoms with van der Waals surface area (Å²) in [6.45, 7) is 12.3. The first-order chi connectivity index (χ1) is 29.4. The Morgan fingerprint density at radius 2 is 1.63 bits per heavy atom. The van der Waals surface area contributed by atoms with Crippen molar-refractivity contribution in [2.75, 3.05) is 53.9 Å². The van der Waals surface area contributed by atoms with Crippen LogP contribution in [0.5, 0.6) is 0 Å². The lowest BCUT2D eigenvalue weighted by Crippen LogP contribution is -2.70. The molecule has 3 rings (SSSR count). The van der Waals surface area contributed by atoms with Crippen LogP contribution in [-0.2, 0) is 47.8 Å². The predicted octanol–water partition coefficient (Wildman–Crippen LogP) is 0.477. The summed E-state index contributed by atoms with van der Waals surface area (Å²) in [5.41, 5.74) is 0.787. The Kier molecular flexibility index (Phi) is 19.5. The Labute approximate surface area is 371 Å². The van der Waals surface area contributed by atoms with Crippen LogP contribution in [-0.4, -0.2) is 172 Å². The Balaban J connectivity index is 2.04. The van der Waals surface area contributed by atoms with Crippen molar-refractivity contribution in [3.8, 4) is 0 Å². The molecule has 0 aliphatic carbocycles. The zero-order valence-corrected chi connectivity index (χ0v) is 39.0. The summed E-state index contributed by atoms with van der Waals surface area (Å²) in [4.78, 5) is 96.7. The van der Waals surface area contributed by atoms with Gasteiger partial charge in [0.1, 0.15) is 37.4 Å². The summed E-state index contributed by atoms with van der Waals surface area (Å²) < 4.78 is 17.8. The number of nitrogens with zero attached hydrogens (tertiary/aromatic N) is 4. The second-order valence-electron chi connectivity index (χ2n) is 18.3.